The molecule has 0 saturated carbocycles. The van der Waals surface area contributed by atoms with E-state index in [0.29, 0.717) is 16.5 Å². The predicted molar refractivity (Wildman–Crippen MR) is 112 cm³/mol. The minimum Gasteiger partial charge on any atom is -0.491 e. The van der Waals surface area contributed by atoms with Crippen LogP contribution in [0.4, 0.5) is 11.5 Å². The van der Waals surface area contributed by atoms with Crippen LogP contribution in [0, 0.1) is 0 Å². The molecular formula is C20H18ClN3O4S. The van der Waals surface area contributed by atoms with Crippen molar-refractivity contribution in [3.05, 3.63) is 77.9 Å². The number of carbonyl (C=O) groups is 1. The zero-order valence-electron chi connectivity index (χ0n) is 15.2. The number of aromatic nitrogens is 1. The average molecular weight is 432 g/mol. The first kappa shape index (κ1) is 20.6. The van der Waals surface area contributed by atoms with E-state index in [1.54, 1.807) is 42.5 Å². The smallest absolute Gasteiger partial charge is 0.263 e. The molecule has 9 heteroatoms. The molecule has 0 spiro atoms. The number of nitrogens with one attached hydrogen (secondary N) is 2. The Labute approximate surface area is 173 Å². The fourth-order valence-corrected chi connectivity index (χ4v) is 3.57. The summed E-state index contributed by atoms with van der Waals surface area (Å²) >= 11 is 5.99. The van der Waals surface area contributed by atoms with E-state index in [-0.39, 0.29) is 29.6 Å². The Balaban J connectivity index is 1.53. The Hall–Kier alpha value is -3.10. The number of benzene rings is 2. The second-order valence-corrected chi connectivity index (χ2v) is 8.01. The van der Waals surface area contributed by atoms with Gasteiger partial charge in [-0.25, -0.2) is 13.4 Å². The van der Waals surface area contributed by atoms with Crippen LogP contribution >= 0.6 is 11.6 Å². The Morgan fingerprint density at radius 3 is 2.41 bits per heavy atom. The molecule has 1 aromatic heterocycles. The Bertz CT molecular complexity index is 1070. The van der Waals surface area contributed by atoms with Crippen molar-refractivity contribution in [2.24, 2.45) is 0 Å². The zero-order valence-corrected chi connectivity index (χ0v) is 16.8. The number of sulfonamides is 1. The second kappa shape index (κ2) is 9.40. The summed E-state index contributed by atoms with van der Waals surface area (Å²) in [6.45, 7) is 0.163. The molecule has 0 aliphatic heterocycles. The molecule has 150 valence electrons. The Kier molecular flexibility index (Phi) is 6.69. The van der Waals surface area contributed by atoms with Crippen molar-refractivity contribution in [2.45, 2.75) is 11.3 Å². The topological polar surface area (TPSA) is 97.4 Å². The molecule has 29 heavy (non-hydrogen) atoms. The standard InChI is InChI=1S/C20H18ClN3O4S/c21-17-5-1-2-6-18(17)28-14-12-20(25)23-15-8-10-16(11-9-15)29(26,27)24-19-7-3-4-13-22-19/h1-11,13H,12,14H2,(H,22,24)(H,23,25). The highest BCUT2D eigenvalue weighted by atomic mass is 35.5. The first-order valence-corrected chi connectivity index (χ1v) is 10.5. The van der Waals surface area contributed by atoms with Crippen molar-refractivity contribution >= 4 is 39.0 Å². The van der Waals surface area contributed by atoms with E-state index in [4.69, 9.17) is 16.3 Å². The first-order chi connectivity index (χ1) is 13.9. The van der Waals surface area contributed by atoms with E-state index in [2.05, 4.69) is 15.0 Å². The number of para-hydroxylation sites is 1. The number of carbonyl (C=O) groups excluding carboxylic acids is 1. The maximum atomic E-state index is 12.4. The van der Waals surface area contributed by atoms with E-state index >= 15 is 0 Å². The van der Waals surface area contributed by atoms with Crippen molar-refractivity contribution in [3.63, 3.8) is 0 Å². The van der Waals surface area contributed by atoms with Gasteiger partial charge in [0.25, 0.3) is 10.0 Å². The number of anilines is 2. The zero-order chi connectivity index (χ0) is 20.7. The van der Waals surface area contributed by atoms with Crippen LogP contribution in [0.5, 0.6) is 5.75 Å². The van der Waals surface area contributed by atoms with Gasteiger partial charge in [0.2, 0.25) is 5.91 Å². The van der Waals surface area contributed by atoms with Gasteiger partial charge in [-0.15, -0.1) is 0 Å². The van der Waals surface area contributed by atoms with E-state index < -0.39 is 10.0 Å². The van der Waals surface area contributed by atoms with Gasteiger partial charge in [-0.05, 0) is 48.5 Å². The summed E-state index contributed by atoms with van der Waals surface area (Å²) in [6, 6.07) is 17.8. The summed E-state index contributed by atoms with van der Waals surface area (Å²) in [4.78, 5) is 16.0. The van der Waals surface area contributed by atoms with Gasteiger partial charge in [-0.3, -0.25) is 9.52 Å². The van der Waals surface area contributed by atoms with E-state index in [0.717, 1.165) is 0 Å². The molecule has 3 aromatic rings. The lowest BCUT2D eigenvalue weighted by molar-refractivity contribution is -0.116. The van der Waals surface area contributed by atoms with Crippen LogP contribution in [0.3, 0.4) is 0 Å². The number of amides is 1. The lowest BCUT2D eigenvalue weighted by Gasteiger charge is -2.10. The highest BCUT2D eigenvalue weighted by Crippen LogP contribution is 2.23. The van der Waals surface area contributed by atoms with E-state index in [1.165, 1.54) is 30.5 Å². The van der Waals surface area contributed by atoms with Gasteiger partial charge in [0, 0.05) is 11.9 Å². The van der Waals surface area contributed by atoms with Crippen LogP contribution in [0.2, 0.25) is 5.02 Å². The van der Waals surface area contributed by atoms with Crippen molar-refractivity contribution in [1.29, 1.82) is 0 Å². The maximum Gasteiger partial charge on any atom is 0.263 e. The third-order valence-corrected chi connectivity index (χ3v) is 5.46. The number of ether oxygens (including phenoxy) is 1. The minimum absolute atomic E-state index is 0.0585. The van der Waals surface area contributed by atoms with Crippen molar-refractivity contribution in [3.8, 4) is 5.75 Å². The highest BCUT2D eigenvalue weighted by Gasteiger charge is 2.15. The fraction of sp³-hybridized carbons (Fsp3) is 0.100. The van der Waals surface area contributed by atoms with Gasteiger partial charge < -0.3 is 10.1 Å². The molecule has 0 bridgehead atoms. The van der Waals surface area contributed by atoms with Crippen LogP contribution in [0.15, 0.2) is 77.8 Å². The molecule has 0 aliphatic rings. The number of halogens is 1. The Morgan fingerprint density at radius 1 is 1.00 bits per heavy atom. The normalized spacial score (nSPS) is 10.9. The summed E-state index contributed by atoms with van der Waals surface area (Å²) in [7, 11) is -3.77. The number of nitrogens with zero attached hydrogens (tertiary/aromatic N) is 1. The molecule has 0 aliphatic carbocycles. The van der Waals surface area contributed by atoms with Gasteiger partial charge in [-0.1, -0.05) is 29.8 Å². The minimum atomic E-state index is -3.77. The molecule has 0 unspecified atom stereocenters. The molecule has 0 atom stereocenters. The summed E-state index contributed by atoms with van der Waals surface area (Å²) in [5.74, 6) is 0.472. The summed E-state index contributed by atoms with van der Waals surface area (Å²) in [5.41, 5.74) is 0.476. The molecular weight excluding hydrogens is 414 g/mol. The van der Waals surface area contributed by atoms with Crippen molar-refractivity contribution in [1.82, 2.24) is 4.98 Å². The molecule has 7 nitrogen and oxygen atoms in total. The molecule has 2 N–H and O–H groups in total. The largest absolute Gasteiger partial charge is 0.491 e. The Morgan fingerprint density at radius 2 is 1.72 bits per heavy atom. The van der Waals surface area contributed by atoms with Crippen molar-refractivity contribution in [2.75, 3.05) is 16.6 Å². The summed E-state index contributed by atoms with van der Waals surface area (Å²) in [6.07, 6.45) is 1.61. The fourth-order valence-electron chi connectivity index (χ4n) is 2.38. The predicted octanol–water partition coefficient (Wildman–Crippen LogP) is 3.94. The lowest BCUT2D eigenvalue weighted by atomic mass is 10.3. The van der Waals surface area contributed by atoms with Crippen LogP contribution in [-0.2, 0) is 14.8 Å². The molecule has 0 fully saturated rings. The van der Waals surface area contributed by atoms with Crippen LogP contribution in [0.1, 0.15) is 6.42 Å². The monoisotopic (exact) mass is 431 g/mol. The summed E-state index contributed by atoms with van der Waals surface area (Å²) < 4.78 is 32.6. The van der Waals surface area contributed by atoms with Crippen LogP contribution in [-0.4, -0.2) is 25.9 Å². The van der Waals surface area contributed by atoms with E-state index in [9.17, 15) is 13.2 Å². The molecule has 2 aromatic carbocycles. The van der Waals surface area contributed by atoms with Gasteiger partial charge in [0.05, 0.1) is 22.9 Å². The van der Waals surface area contributed by atoms with Crippen LogP contribution in [0.25, 0.3) is 0 Å². The van der Waals surface area contributed by atoms with Crippen molar-refractivity contribution < 1.29 is 17.9 Å². The van der Waals surface area contributed by atoms with Gasteiger partial charge in [0.15, 0.2) is 0 Å². The van der Waals surface area contributed by atoms with Gasteiger partial charge in [-0.2, -0.15) is 0 Å². The SMILES string of the molecule is O=C(CCOc1ccccc1Cl)Nc1ccc(S(=O)(=O)Nc2ccccn2)cc1. The quantitative estimate of drug-likeness (QED) is 0.563. The van der Waals surface area contributed by atoms with Gasteiger partial charge in [0.1, 0.15) is 11.6 Å². The lowest BCUT2D eigenvalue weighted by Crippen LogP contribution is -2.16. The summed E-state index contributed by atoms with van der Waals surface area (Å²) in [5, 5.41) is 3.17. The third kappa shape index (κ3) is 5.94. The number of pyridine rings is 1. The highest BCUT2D eigenvalue weighted by molar-refractivity contribution is 7.92. The number of hydrogen-bond donors (Lipinski definition) is 2. The molecule has 0 saturated heterocycles. The number of hydrogen-bond acceptors (Lipinski definition) is 5. The second-order valence-electron chi connectivity index (χ2n) is 5.92. The molecule has 0 radical (unpaired) electrons. The maximum absolute atomic E-state index is 12.4. The van der Waals surface area contributed by atoms with E-state index in [1.807, 2.05) is 0 Å². The average Bonchev–Trinajstić information content (AvgIpc) is 2.70. The molecule has 1 heterocycles. The number of rotatable bonds is 8. The molecule has 1 amide bonds. The molecule has 3 rings (SSSR count). The van der Waals surface area contributed by atoms with Crippen LogP contribution < -0.4 is 14.8 Å². The van der Waals surface area contributed by atoms with Gasteiger partial charge >= 0.3 is 0 Å². The third-order valence-electron chi connectivity index (χ3n) is 3.78. The first-order valence-electron chi connectivity index (χ1n) is 8.65.